The second-order valence-corrected chi connectivity index (χ2v) is 7.57. The number of rotatable bonds is 8. The smallest absolute Gasteiger partial charge is 0.357 e. The summed E-state index contributed by atoms with van der Waals surface area (Å²) in [6, 6.07) is 1.88. The van der Waals surface area contributed by atoms with Gasteiger partial charge in [0.1, 0.15) is 0 Å². The van der Waals surface area contributed by atoms with Crippen LogP contribution in [0.15, 0.2) is 11.4 Å². The van der Waals surface area contributed by atoms with Gasteiger partial charge >= 0.3 is 5.97 Å². The van der Waals surface area contributed by atoms with Crippen LogP contribution in [0.1, 0.15) is 29.4 Å². The Kier molecular flexibility index (Phi) is 7.55. The third-order valence-corrected chi connectivity index (χ3v) is 5.59. The van der Waals surface area contributed by atoms with Crippen molar-refractivity contribution >= 4 is 39.9 Å². The quantitative estimate of drug-likeness (QED) is 0.597. The zero-order chi connectivity index (χ0) is 19.9. The summed E-state index contributed by atoms with van der Waals surface area (Å²) in [6.45, 7) is 9.08. The molecule has 1 aliphatic rings. The lowest BCUT2D eigenvalue weighted by Gasteiger charge is -2.28. The molecule has 0 radical (unpaired) electrons. The van der Waals surface area contributed by atoms with Crippen LogP contribution in [-0.2, 0) is 9.47 Å². The van der Waals surface area contributed by atoms with E-state index < -0.39 is 5.97 Å². The van der Waals surface area contributed by atoms with Gasteiger partial charge in [-0.1, -0.05) is 11.6 Å². The number of morpholine rings is 1. The van der Waals surface area contributed by atoms with E-state index in [0.717, 1.165) is 44.8 Å². The van der Waals surface area contributed by atoms with E-state index in [9.17, 15) is 4.79 Å². The number of hydrogen-bond donors (Lipinski definition) is 0. The highest BCUT2D eigenvalue weighted by atomic mass is 35.5. The minimum Gasteiger partial charge on any atom is -0.461 e. The molecule has 0 N–H and O–H groups in total. The Morgan fingerprint density at radius 1 is 1.39 bits per heavy atom. The van der Waals surface area contributed by atoms with E-state index in [1.54, 1.807) is 12.3 Å². The third kappa shape index (κ3) is 5.38. The summed E-state index contributed by atoms with van der Waals surface area (Å²) in [5, 5.41) is 11.0. The summed E-state index contributed by atoms with van der Waals surface area (Å²) in [7, 11) is 0. The van der Waals surface area contributed by atoms with Gasteiger partial charge in [0, 0.05) is 31.6 Å². The normalized spacial score (nSPS) is 14.8. The molecule has 3 heterocycles. The number of aryl methyl sites for hydroxylation is 1. The topological polar surface area (TPSA) is 80.7 Å². The SMILES string of the molecule is CCOC(=O)c1csc(N(CCCN2CCOCC2)c2cc(C)c(Cl)nn2)n1. The van der Waals surface area contributed by atoms with Crippen LogP contribution in [0, 0.1) is 6.92 Å². The van der Waals surface area contributed by atoms with Crippen LogP contribution >= 0.6 is 22.9 Å². The van der Waals surface area contributed by atoms with Crippen LogP contribution in [0.25, 0.3) is 0 Å². The average Bonchev–Trinajstić information content (AvgIpc) is 3.18. The summed E-state index contributed by atoms with van der Waals surface area (Å²) < 4.78 is 10.4. The summed E-state index contributed by atoms with van der Waals surface area (Å²) >= 11 is 7.42. The second-order valence-electron chi connectivity index (χ2n) is 6.37. The monoisotopic (exact) mass is 425 g/mol. The van der Waals surface area contributed by atoms with Gasteiger partial charge in [-0.2, -0.15) is 0 Å². The number of nitrogens with zero attached hydrogens (tertiary/aromatic N) is 5. The van der Waals surface area contributed by atoms with Gasteiger partial charge in [0.15, 0.2) is 21.8 Å². The highest BCUT2D eigenvalue weighted by molar-refractivity contribution is 7.14. The lowest BCUT2D eigenvalue weighted by Crippen LogP contribution is -2.37. The zero-order valence-electron chi connectivity index (χ0n) is 16.1. The minimum atomic E-state index is -0.420. The number of carbonyl (C=O) groups is 1. The van der Waals surface area contributed by atoms with E-state index in [1.165, 1.54) is 11.3 Å². The maximum atomic E-state index is 12.0. The van der Waals surface area contributed by atoms with Crippen LogP contribution in [0.4, 0.5) is 10.9 Å². The first-order chi connectivity index (χ1) is 13.6. The van der Waals surface area contributed by atoms with Crippen molar-refractivity contribution in [2.45, 2.75) is 20.3 Å². The lowest BCUT2D eigenvalue weighted by atomic mass is 10.3. The Morgan fingerprint density at radius 3 is 2.89 bits per heavy atom. The fourth-order valence-electron chi connectivity index (χ4n) is 2.86. The van der Waals surface area contributed by atoms with Gasteiger partial charge in [-0.25, -0.2) is 9.78 Å². The molecule has 1 saturated heterocycles. The van der Waals surface area contributed by atoms with E-state index >= 15 is 0 Å². The molecular weight excluding hydrogens is 402 g/mol. The highest BCUT2D eigenvalue weighted by Crippen LogP contribution is 2.29. The molecule has 0 unspecified atom stereocenters. The van der Waals surface area contributed by atoms with Crippen molar-refractivity contribution in [1.82, 2.24) is 20.1 Å². The molecule has 10 heteroatoms. The number of halogens is 1. The van der Waals surface area contributed by atoms with Crippen molar-refractivity contribution in [3.05, 3.63) is 27.9 Å². The van der Waals surface area contributed by atoms with Crippen LogP contribution in [0.5, 0.6) is 0 Å². The van der Waals surface area contributed by atoms with E-state index in [-0.39, 0.29) is 0 Å². The molecule has 28 heavy (non-hydrogen) atoms. The van der Waals surface area contributed by atoms with E-state index in [1.807, 2.05) is 17.9 Å². The Bertz CT molecular complexity index is 797. The number of ether oxygens (including phenoxy) is 2. The van der Waals surface area contributed by atoms with E-state index in [0.29, 0.717) is 34.9 Å². The first-order valence-corrected chi connectivity index (χ1v) is 10.5. The molecule has 0 bridgehead atoms. The predicted octanol–water partition coefficient (Wildman–Crippen LogP) is 2.93. The lowest BCUT2D eigenvalue weighted by molar-refractivity contribution is 0.0377. The molecule has 152 valence electrons. The minimum absolute atomic E-state index is 0.304. The molecule has 0 spiro atoms. The van der Waals surface area contributed by atoms with Gasteiger partial charge in [-0.15, -0.1) is 21.5 Å². The molecule has 1 fully saturated rings. The van der Waals surface area contributed by atoms with Gasteiger partial charge in [0.2, 0.25) is 0 Å². The molecule has 2 aromatic heterocycles. The molecule has 0 amide bonds. The highest BCUT2D eigenvalue weighted by Gasteiger charge is 2.20. The second kappa shape index (κ2) is 10.1. The first kappa shape index (κ1) is 20.9. The number of carbonyl (C=O) groups excluding carboxylic acids is 1. The van der Waals surface area contributed by atoms with E-state index in [2.05, 4.69) is 20.1 Å². The maximum Gasteiger partial charge on any atom is 0.357 e. The van der Waals surface area contributed by atoms with Crippen molar-refractivity contribution in [3.63, 3.8) is 0 Å². The number of aromatic nitrogens is 3. The van der Waals surface area contributed by atoms with Crippen molar-refractivity contribution in [1.29, 1.82) is 0 Å². The van der Waals surface area contributed by atoms with Gasteiger partial charge in [0.25, 0.3) is 0 Å². The van der Waals surface area contributed by atoms with Crippen LogP contribution in [-0.4, -0.2) is 72.1 Å². The molecular formula is C18H24ClN5O3S. The first-order valence-electron chi connectivity index (χ1n) is 9.28. The fourth-order valence-corrected chi connectivity index (χ4v) is 3.78. The molecule has 0 aliphatic carbocycles. The molecule has 1 aliphatic heterocycles. The van der Waals surface area contributed by atoms with Crippen molar-refractivity contribution in [2.24, 2.45) is 0 Å². The summed E-state index contributed by atoms with van der Waals surface area (Å²) in [5.74, 6) is 0.241. The third-order valence-electron chi connectivity index (χ3n) is 4.36. The van der Waals surface area contributed by atoms with Crippen molar-refractivity contribution in [2.75, 3.05) is 50.9 Å². The molecule has 0 atom stereocenters. The summed E-state index contributed by atoms with van der Waals surface area (Å²) in [5.41, 5.74) is 1.14. The van der Waals surface area contributed by atoms with Crippen LogP contribution in [0.2, 0.25) is 5.15 Å². The number of anilines is 2. The van der Waals surface area contributed by atoms with Gasteiger partial charge in [0.05, 0.1) is 19.8 Å². The molecule has 8 nitrogen and oxygen atoms in total. The number of hydrogen-bond acceptors (Lipinski definition) is 9. The van der Waals surface area contributed by atoms with Crippen molar-refractivity contribution in [3.8, 4) is 0 Å². The molecule has 0 aromatic carbocycles. The molecule has 3 rings (SSSR count). The Hall–Kier alpha value is -1.81. The predicted molar refractivity (Wildman–Crippen MR) is 109 cm³/mol. The van der Waals surface area contributed by atoms with E-state index in [4.69, 9.17) is 21.1 Å². The Morgan fingerprint density at radius 2 is 2.18 bits per heavy atom. The standard InChI is InChI=1S/C18H24ClN5O3S/c1-3-27-17(25)14-12-28-18(20-14)24(15-11-13(2)16(19)22-21-15)6-4-5-23-7-9-26-10-8-23/h11-12H,3-10H2,1-2H3. The number of thiazole rings is 1. The Labute approximate surface area is 173 Å². The van der Waals surface area contributed by atoms with Crippen LogP contribution in [0.3, 0.4) is 0 Å². The maximum absolute atomic E-state index is 12.0. The molecule has 0 saturated carbocycles. The summed E-state index contributed by atoms with van der Waals surface area (Å²) in [4.78, 5) is 20.8. The number of esters is 1. The summed E-state index contributed by atoms with van der Waals surface area (Å²) in [6.07, 6.45) is 0.914. The van der Waals surface area contributed by atoms with Gasteiger partial charge < -0.3 is 14.4 Å². The average molecular weight is 426 g/mol. The largest absolute Gasteiger partial charge is 0.461 e. The molecule has 2 aromatic rings. The van der Waals surface area contributed by atoms with Gasteiger partial charge in [-0.3, -0.25) is 4.90 Å². The van der Waals surface area contributed by atoms with Crippen LogP contribution < -0.4 is 4.90 Å². The van der Waals surface area contributed by atoms with Gasteiger partial charge in [-0.05, 0) is 31.9 Å². The van der Waals surface area contributed by atoms with Crippen molar-refractivity contribution < 1.29 is 14.3 Å². The zero-order valence-corrected chi connectivity index (χ0v) is 17.6. The Balaban J connectivity index is 1.75. The fraction of sp³-hybridized carbons (Fsp3) is 0.556.